The summed E-state index contributed by atoms with van der Waals surface area (Å²) in [6, 6.07) is 11.3. The standard InChI is InChI=1S/C16H18F2N2/c1-11-8-13(4-7-15(11)18)9-16(19)20-10-12-2-5-14(17)6-3-12/h2-8,16,20H,9-10,19H2,1H3. The monoisotopic (exact) mass is 276 g/mol. The molecule has 0 saturated carbocycles. The van der Waals surface area contributed by atoms with Crippen molar-refractivity contribution in [2.75, 3.05) is 0 Å². The fraction of sp³-hybridized carbons (Fsp3) is 0.250. The number of aryl methyl sites for hydroxylation is 1. The highest BCUT2D eigenvalue weighted by Crippen LogP contribution is 2.10. The van der Waals surface area contributed by atoms with Crippen molar-refractivity contribution in [3.63, 3.8) is 0 Å². The maximum absolute atomic E-state index is 13.2. The van der Waals surface area contributed by atoms with E-state index >= 15 is 0 Å². The first kappa shape index (κ1) is 14.6. The molecule has 0 aliphatic rings. The molecule has 0 aliphatic carbocycles. The van der Waals surface area contributed by atoms with E-state index in [1.165, 1.54) is 18.2 Å². The Hall–Kier alpha value is -1.78. The van der Waals surface area contributed by atoms with Crippen LogP contribution < -0.4 is 11.1 Å². The third-order valence-electron chi connectivity index (χ3n) is 3.16. The van der Waals surface area contributed by atoms with Crippen LogP contribution in [0, 0.1) is 18.6 Å². The molecule has 20 heavy (non-hydrogen) atoms. The molecular formula is C16H18F2N2. The van der Waals surface area contributed by atoms with Gasteiger partial charge in [0.15, 0.2) is 0 Å². The van der Waals surface area contributed by atoms with Crippen LogP contribution in [0.15, 0.2) is 42.5 Å². The minimum Gasteiger partial charge on any atom is -0.316 e. The van der Waals surface area contributed by atoms with Gasteiger partial charge in [-0.1, -0.05) is 24.3 Å². The lowest BCUT2D eigenvalue weighted by Gasteiger charge is -2.14. The van der Waals surface area contributed by atoms with Crippen molar-refractivity contribution in [3.05, 3.63) is 70.8 Å². The smallest absolute Gasteiger partial charge is 0.126 e. The highest BCUT2D eigenvalue weighted by Gasteiger charge is 2.05. The lowest BCUT2D eigenvalue weighted by atomic mass is 10.1. The maximum Gasteiger partial charge on any atom is 0.126 e. The predicted molar refractivity (Wildman–Crippen MR) is 76.1 cm³/mol. The lowest BCUT2D eigenvalue weighted by molar-refractivity contribution is 0.522. The van der Waals surface area contributed by atoms with Crippen LogP contribution >= 0.6 is 0 Å². The van der Waals surface area contributed by atoms with E-state index in [2.05, 4.69) is 5.32 Å². The first-order valence-electron chi connectivity index (χ1n) is 6.53. The second-order valence-corrected chi connectivity index (χ2v) is 4.90. The molecule has 2 aromatic carbocycles. The van der Waals surface area contributed by atoms with Crippen molar-refractivity contribution >= 4 is 0 Å². The molecule has 0 fully saturated rings. The molecule has 0 aromatic heterocycles. The van der Waals surface area contributed by atoms with Gasteiger partial charge in [0, 0.05) is 13.0 Å². The van der Waals surface area contributed by atoms with Gasteiger partial charge in [-0.05, 0) is 41.8 Å². The Morgan fingerprint density at radius 2 is 1.70 bits per heavy atom. The SMILES string of the molecule is Cc1cc(CC(N)NCc2ccc(F)cc2)ccc1F. The van der Waals surface area contributed by atoms with Gasteiger partial charge in [0.05, 0.1) is 6.17 Å². The van der Waals surface area contributed by atoms with Crippen LogP contribution in [0.25, 0.3) is 0 Å². The van der Waals surface area contributed by atoms with Gasteiger partial charge < -0.3 is 5.73 Å². The summed E-state index contributed by atoms with van der Waals surface area (Å²) in [7, 11) is 0. The van der Waals surface area contributed by atoms with E-state index in [1.54, 1.807) is 31.2 Å². The lowest BCUT2D eigenvalue weighted by Crippen LogP contribution is -2.38. The van der Waals surface area contributed by atoms with Crippen LogP contribution in [0.1, 0.15) is 16.7 Å². The van der Waals surface area contributed by atoms with Gasteiger partial charge in [-0.25, -0.2) is 8.78 Å². The van der Waals surface area contributed by atoms with E-state index in [9.17, 15) is 8.78 Å². The molecule has 4 heteroatoms. The quantitative estimate of drug-likeness (QED) is 0.824. The molecule has 1 unspecified atom stereocenters. The second kappa shape index (κ2) is 6.59. The van der Waals surface area contributed by atoms with Gasteiger partial charge >= 0.3 is 0 Å². The molecule has 106 valence electrons. The van der Waals surface area contributed by atoms with Gasteiger partial charge in [-0.15, -0.1) is 0 Å². The highest BCUT2D eigenvalue weighted by molar-refractivity contribution is 5.24. The van der Waals surface area contributed by atoms with Crippen LogP contribution in [0.2, 0.25) is 0 Å². The summed E-state index contributed by atoms with van der Waals surface area (Å²) in [6.45, 7) is 2.30. The van der Waals surface area contributed by atoms with E-state index in [4.69, 9.17) is 5.73 Å². The van der Waals surface area contributed by atoms with Gasteiger partial charge in [0.2, 0.25) is 0 Å². The van der Waals surface area contributed by atoms with Crippen LogP contribution in [0.4, 0.5) is 8.78 Å². The molecule has 0 bridgehead atoms. The van der Waals surface area contributed by atoms with Crippen molar-refractivity contribution in [1.29, 1.82) is 0 Å². The summed E-state index contributed by atoms with van der Waals surface area (Å²) in [6.07, 6.45) is 0.382. The molecule has 2 aromatic rings. The molecule has 0 radical (unpaired) electrons. The normalized spacial score (nSPS) is 12.4. The average Bonchev–Trinajstić information content (AvgIpc) is 2.42. The first-order chi connectivity index (χ1) is 9.54. The van der Waals surface area contributed by atoms with Crippen LogP contribution in [0.3, 0.4) is 0 Å². The highest BCUT2D eigenvalue weighted by atomic mass is 19.1. The summed E-state index contributed by atoms with van der Waals surface area (Å²) >= 11 is 0. The molecule has 3 N–H and O–H groups in total. The van der Waals surface area contributed by atoms with Crippen molar-refractivity contribution in [2.24, 2.45) is 5.73 Å². The van der Waals surface area contributed by atoms with Gasteiger partial charge in [0.1, 0.15) is 11.6 Å². The minimum absolute atomic E-state index is 0.207. The van der Waals surface area contributed by atoms with Gasteiger partial charge in [-0.2, -0.15) is 0 Å². The van der Waals surface area contributed by atoms with E-state index < -0.39 is 0 Å². The molecule has 0 heterocycles. The Kier molecular flexibility index (Phi) is 4.82. The molecule has 1 atom stereocenters. The Bertz CT molecular complexity index is 567. The van der Waals surface area contributed by atoms with E-state index in [0.717, 1.165) is 11.1 Å². The van der Waals surface area contributed by atoms with Gasteiger partial charge in [-0.3, -0.25) is 5.32 Å². The Morgan fingerprint density at radius 1 is 1.05 bits per heavy atom. The zero-order valence-electron chi connectivity index (χ0n) is 11.4. The summed E-state index contributed by atoms with van der Waals surface area (Å²) in [5, 5.41) is 3.16. The number of nitrogens with one attached hydrogen (secondary N) is 1. The summed E-state index contributed by atoms with van der Waals surface area (Å²) in [4.78, 5) is 0. The van der Waals surface area contributed by atoms with E-state index in [-0.39, 0.29) is 17.8 Å². The van der Waals surface area contributed by atoms with Crippen molar-refractivity contribution in [3.8, 4) is 0 Å². The molecule has 0 aliphatic heterocycles. The third kappa shape index (κ3) is 4.11. The van der Waals surface area contributed by atoms with E-state index in [1.807, 2.05) is 0 Å². The zero-order valence-corrected chi connectivity index (χ0v) is 11.4. The topological polar surface area (TPSA) is 38.0 Å². The summed E-state index contributed by atoms with van der Waals surface area (Å²) in [5.41, 5.74) is 8.57. The molecule has 0 amide bonds. The van der Waals surface area contributed by atoms with Gasteiger partial charge in [0.25, 0.3) is 0 Å². The number of hydrogen-bond acceptors (Lipinski definition) is 2. The summed E-state index contributed by atoms with van der Waals surface area (Å²) in [5.74, 6) is -0.457. The Labute approximate surface area is 117 Å². The first-order valence-corrected chi connectivity index (χ1v) is 6.53. The second-order valence-electron chi connectivity index (χ2n) is 4.90. The third-order valence-corrected chi connectivity index (χ3v) is 3.16. The molecule has 2 nitrogen and oxygen atoms in total. The largest absolute Gasteiger partial charge is 0.316 e. The Morgan fingerprint density at radius 3 is 2.35 bits per heavy atom. The molecule has 2 rings (SSSR count). The van der Waals surface area contributed by atoms with Crippen LogP contribution in [-0.2, 0) is 13.0 Å². The fourth-order valence-electron chi connectivity index (χ4n) is 2.01. The van der Waals surface area contributed by atoms with Crippen molar-refractivity contribution < 1.29 is 8.78 Å². The minimum atomic E-state index is -0.250. The number of hydrogen-bond donors (Lipinski definition) is 2. The number of halogens is 2. The fourth-order valence-corrected chi connectivity index (χ4v) is 2.01. The van der Waals surface area contributed by atoms with Crippen molar-refractivity contribution in [1.82, 2.24) is 5.32 Å². The zero-order chi connectivity index (χ0) is 14.5. The number of nitrogens with two attached hydrogens (primary N) is 1. The summed E-state index contributed by atoms with van der Waals surface area (Å²) < 4.78 is 25.9. The average molecular weight is 276 g/mol. The van der Waals surface area contributed by atoms with Crippen molar-refractivity contribution in [2.45, 2.75) is 26.1 Å². The Balaban J connectivity index is 1.87. The molecule has 0 saturated heterocycles. The van der Waals surface area contributed by atoms with Crippen LogP contribution in [0.5, 0.6) is 0 Å². The van der Waals surface area contributed by atoms with Crippen LogP contribution in [-0.4, -0.2) is 6.17 Å². The predicted octanol–water partition coefficient (Wildman–Crippen LogP) is 2.89. The number of rotatable bonds is 5. The van der Waals surface area contributed by atoms with E-state index in [0.29, 0.717) is 18.5 Å². The molecule has 0 spiro atoms. The number of benzene rings is 2. The maximum atomic E-state index is 13.2. The molecular weight excluding hydrogens is 258 g/mol.